The van der Waals surface area contributed by atoms with Gasteiger partial charge in [0, 0.05) is 0 Å². The zero-order chi connectivity index (χ0) is 12.3. The first-order valence-corrected chi connectivity index (χ1v) is 6.69. The summed E-state index contributed by atoms with van der Waals surface area (Å²) in [6.45, 7) is 0. The molecule has 1 aliphatic rings. The Morgan fingerprint density at radius 1 is 1.35 bits per heavy atom. The van der Waals surface area contributed by atoms with Crippen LogP contribution in [-0.2, 0) is 0 Å². The second-order valence-electron chi connectivity index (χ2n) is 3.93. The summed E-state index contributed by atoms with van der Waals surface area (Å²) in [6.07, 6.45) is 2.08. The Morgan fingerprint density at radius 2 is 2.18 bits per heavy atom. The van der Waals surface area contributed by atoms with Crippen molar-refractivity contribution in [2.45, 2.75) is 18.1 Å². The number of thioether (sulfide) groups is 1. The molecule has 1 aliphatic heterocycles. The molecule has 1 aromatic rings. The third kappa shape index (κ3) is 2.57. The zero-order valence-electron chi connectivity index (χ0n) is 10.1. The van der Waals surface area contributed by atoms with Gasteiger partial charge in [0.1, 0.15) is 11.5 Å². The van der Waals surface area contributed by atoms with E-state index in [1.807, 2.05) is 0 Å². The number of Topliss-reactive ketones (excluding diaryl/α,β-unsaturated/α-hetero) is 1. The van der Waals surface area contributed by atoms with Gasteiger partial charge in [0.25, 0.3) is 0 Å². The molecule has 1 unspecified atom stereocenters. The average Bonchev–Trinajstić information content (AvgIpc) is 2.91. The van der Waals surface area contributed by atoms with Crippen LogP contribution in [0.4, 0.5) is 0 Å². The van der Waals surface area contributed by atoms with Gasteiger partial charge in [0.2, 0.25) is 0 Å². The van der Waals surface area contributed by atoms with E-state index in [0.717, 1.165) is 18.6 Å². The molecule has 2 rings (SSSR count). The highest BCUT2D eigenvalue weighted by atomic mass is 32.2. The standard InChI is InChI=1S/C13H16O3S/c1-15-9-5-6-11(16-2)10(8-9)13(14)12-4-3-7-17-12/h5-6,8,12H,3-4,7H2,1-2H3. The number of carbonyl (C=O) groups excluding carboxylic acids is 1. The fourth-order valence-electron chi connectivity index (χ4n) is 1.96. The van der Waals surface area contributed by atoms with Crippen LogP contribution in [0.1, 0.15) is 23.2 Å². The van der Waals surface area contributed by atoms with Crippen molar-refractivity contribution < 1.29 is 14.3 Å². The second kappa shape index (κ2) is 5.45. The minimum absolute atomic E-state index is 0.0796. The van der Waals surface area contributed by atoms with Crippen LogP contribution in [0.2, 0.25) is 0 Å². The molecule has 0 radical (unpaired) electrons. The maximum atomic E-state index is 12.3. The van der Waals surface area contributed by atoms with E-state index in [0.29, 0.717) is 17.1 Å². The summed E-state index contributed by atoms with van der Waals surface area (Å²) in [5.41, 5.74) is 0.631. The quantitative estimate of drug-likeness (QED) is 0.772. The Balaban J connectivity index is 2.30. The molecule has 4 heteroatoms. The number of benzene rings is 1. The topological polar surface area (TPSA) is 35.5 Å². The lowest BCUT2D eigenvalue weighted by molar-refractivity contribution is 0.0985. The van der Waals surface area contributed by atoms with Gasteiger partial charge in [-0.2, -0.15) is 11.8 Å². The number of hydrogen-bond acceptors (Lipinski definition) is 4. The van der Waals surface area contributed by atoms with Crippen molar-refractivity contribution >= 4 is 17.5 Å². The molecule has 1 saturated heterocycles. The van der Waals surface area contributed by atoms with Crippen LogP contribution in [0, 0.1) is 0 Å². The molecule has 17 heavy (non-hydrogen) atoms. The summed E-state index contributed by atoms with van der Waals surface area (Å²) >= 11 is 1.73. The third-order valence-corrected chi connectivity index (χ3v) is 4.27. The number of ether oxygens (including phenoxy) is 2. The zero-order valence-corrected chi connectivity index (χ0v) is 10.9. The highest BCUT2D eigenvalue weighted by molar-refractivity contribution is 8.00. The molecule has 0 aliphatic carbocycles. The van der Waals surface area contributed by atoms with E-state index in [-0.39, 0.29) is 11.0 Å². The monoisotopic (exact) mass is 252 g/mol. The van der Waals surface area contributed by atoms with Crippen LogP contribution in [0.5, 0.6) is 11.5 Å². The summed E-state index contributed by atoms with van der Waals surface area (Å²) < 4.78 is 10.4. The van der Waals surface area contributed by atoms with Gasteiger partial charge in [-0.05, 0) is 36.8 Å². The molecule has 1 heterocycles. The van der Waals surface area contributed by atoms with Gasteiger partial charge in [-0.15, -0.1) is 0 Å². The largest absolute Gasteiger partial charge is 0.497 e. The van der Waals surface area contributed by atoms with E-state index < -0.39 is 0 Å². The summed E-state index contributed by atoms with van der Waals surface area (Å²) in [7, 11) is 3.18. The molecule has 1 fully saturated rings. The number of rotatable bonds is 4. The molecular weight excluding hydrogens is 236 g/mol. The van der Waals surface area contributed by atoms with E-state index in [1.165, 1.54) is 0 Å². The normalized spacial score (nSPS) is 19.1. The molecule has 1 aromatic carbocycles. The molecule has 0 bridgehead atoms. The molecule has 0 spiro atoms. The van der Waals surface area contributed by atoms with Gasteiger partial charge >= 0.3 is 0 Å². The fourth-order valence-corrected chi connectivity index (χ4v) is 3.19. The first-order valence-electron chi connectivity index (χ1n) is 5.64. The van der Waals surface area contributed by atoms with Crippen molar-refractivity contribution in [3.05, 3.63) is 23.8 Å². The van der Waals surface area contributed by atoms with Gasteiger partial charge in [-0.3, -0.25) is 4.79 Å². The van der Waals surface area contributed by atoms with Crippen molar-refractivity contribution in [1.82, 2.24) is 0 Å². The minimum atomic E-state index is 0.0796. The van der Waals surface area contributed by atoms with Crippen LogP contribution in [0.15, 0.2) is 18.2 Å². The van der Waals surface area contributed by atoms with Crippen LogP contribution < -0.4 is 9.47 Å². The summed E-state index contributed by atoms with van der Waals surface area (Å²) in [4.78, 5) is 12.3. The fraction of sp³-hybridized carbons (Fsp3) is 0.462. The molecule has 3 nitrogen and oxygen atoms in total. The average molecular weight is 252 g/mol. The SMILES string of the molecule is COc1ccc(OC)c(C(=O)C2CCCS2)c1. The van der Waals surface area contributed by atoms with E-state index in [1.54, 1.807) is 44.2 Å². The predicted molar refractivity (Wildman–Crippen MR) is 69.4 cm³/mol. The summed E-state index contributed by atoms with van der Waals surface area (Å²) in [5, 5.41) is 0.0796. The lowest BCUT2D eigenvalue weighted by Crippen LogP contribution is -2.15. The Labute approximate surface area is 105 Å². The Bertz CT molecular complexity index is 411. The highest BCUT2D eigenvalue weighted by Crippen LogP contribution is 2.33. The lowest BCUT2D eigenvalue weighted by atomic mass is 10.0. The van der Waals surface area contributed by atoms with Gasteiger partial charge < -0.3 is 9.47 Å². The first-order chi connectivity index (χ1) is 8.26. The number of ketones is 1. The molecule has 0 N–H and O–H groups in total. The third-order valence-electron chi connectivity index (χ3n) is 2.89. The van der Waals surface area contributed by atoms with E-state index in [9.17, 15) is 4.79 Å². The van der Waals surface area contributed by atoms with Gasteiger partial charge in [0.15, 0.2) is 5.78 Å². The molecule has 0 amide bonds. The smallest absolute Gasteiger partial charge is 0.179 e. The molecule has 0 aromatic heterocycles. The lowest BCUT2D eigenvalue weighted by Gasteiger charge is -2.12. The molecule has 1 atom stereocenters. The van der Waals surface area contributed by atoms with Crippen LogP contribution >= 0.6 is 11.8 Å². The summed E-state index contributed by atoms with van der Waals surface area (Å²) in [6, 6.07) is 5.35. The minimum Gasteiger partial charge on any atom is -0.497 e. The van der Waals surface area contributed by atoms with Crippen molar-refractivity contribution in [1.29, 1.82) is 0 Å². The Morgan fingerprint density at radius 3 is 2.76 bits per heavy atom. The molecule has 0 saturated carbocycles. The van der Waals surface area contributed by atoms with Crippen molar-refractivity contribution in [2.24, 2.45) is 0 Å². The number of carbonyl (C=O) groups is 1. The van der Waals surface area contributed by atoms with Crippen LogP contribution in [0.25, 0.3) is 0 Å². The van der Waals surface area contributed by atoms with Gasteiger partial charge in [-0.25, -0.2) is 0 Å². The van der Waals surface area contributed by atoms with Crippen molar-refractivity contribution in [3.63, 3.8) is 0 Å². The van der Waals surface area contributed by atoms with E-state index >= 15 is 0 Å². The van der Waals surface area contributed by atoms with Crippen molar-refractivity contribution in [2.75, 3.05) is 20.0 Å². The highest BCUT2D eigenvalue weighted by Gasteiger charge is 2.26. The maximum Gasteiger partial charge on any atom is 0.179 e. The van der Waals surface area contributed by atoms with Crippen molar-refractivity contribution in [3.8, 4) is 11.5 Å². The summed E-state index contributed by atoms with van der Waals surface area (Å²) in [5.74, 6) is 2.55. The van der Waals surface area contributed by atoms with E-state index in [4.69, 9.17) is 9.47 Å². The maximum absolute atomic E-state index is 12.3. The van der Waals surface area contributed by atoms with Gasteiger partial charge in [0.05, 0.1) is 25.0 Å². The molecular formula is C13H16O3S. The van der Waals surface area contributed by atoms with E-state index in [2.05, 4.69) is 0 Å². The second-order valence-corrected chi connectivity index (χ2v) is 5.24. The number of hydrogen-bond donors (Lipinski definition) is 0. The Hall–Kier alpha value is -1.16. The Kier molecular flexibility index (Phi) is 3.94. The van der Waals surface area contributed by atoms with Crippen LogP contribution in [0.3, 0.4) is 0 Å². The first kappa shape index (κ1) is 12.3. The predicted octanol–water partition coefficient (Wildman–Crippen LogP) is 2.78. The van der Waals surface area contributed by atoms with Gasteiger partial charge in [-0.1, -0.05) is 0 Å². The molecule has 92 valence electrons. The number of methoxy groups -OCH3 is 2. The van der Waals surface area contributed by atoms with Crippen LogP contribution in [-0.4, -0.2) is 31.0 Å².